The van der Waals surface area contributed by atoms with Gasteiger partial charge in [-0.3, -0.25) is 9.69 Å². The number of oxazole rings is 1. The molecule has 0 unspecified atom stereocenters. The number of nitrogens with zero attached hydrogens (tertiary/aromatic N) is 2. The van der Waals surface area contributed by atoms with Gasteiger partial charge in [0.25, 0.3) is 5.91 Å². The van der Waals surface area contributed by atoms with Gasteiger partial charge in [0.05, 0.1) is 6.54 Å². The number of benzene rings is 2. The highest BCUT2D eigenvalue weighted by Gasteiger charge is 2.17. The van der Waals surface area contributed by atoms with Crippen molar-refractivity contribution in [2.75, 3.05) is 18.1 Å². The lowest BCUT2D eigenvalue weighted by Gasteiger charge is -2.19. The topological polar surface area (TPSA) is 55.6 Å². The first-order chi connectivity index (χ1) is 11.7. The molecule has 2 aromatic carbocycles. The third kappa shape index (κ3) is 3.36. The Balaban J connectivity index is 1.71. The summed E-state index contributed by atoms with van der Waals surface area (Å²) >= 11 is 0. The van der Waals surface area contributed by atoms with Crippen LogP contribution in [0.3, 0.4) is 0 Å². The van der Waals surface area contributed by atoms with E-state index in [0.717, 1.165) is 0 Å². The van der Waals surface area contributed by atoms with Gasteiger partial charge in [0.15, 0.2) is 12.2 Å². The minimum atomic E-state index is -0.394. The third-order valence-electron chi connectivity index (χ3n) is 3.28. The smallest absolute Gasteiger partial charge is 0.395 e. The third-order valence-corrected chi connectivity index (χ3v) is 3.28. The zero-order chi connectivity index (χ0) is 16.9. The summed E-state index contributed by atoms with van der Waals surface area (Å²) in [6.07, 6.45) is 5.31. The molecule has 0 N–H and O–H groups in total. The van der Waals surface area contributed by atoms with E-state index in [9.17, 15) is 9.18 Å². The monoisotopic (exact) mass is 324 g/mol. The summed E-state index contributed by atoms with van der Waals surface area (Å²) in [4.78, 5) is 17.8. The van der Waals surface area contributed by atoms with Crippen molar-refractivity contribution in [3.8, 4) is 18.4 Å². The number of fused-ring (bicyclic) bond motifs is 1. The van der Waals surface area contributed by atoms with Crippen molar-refractivity contribution in [2.45, 2.75) is 0 Å². The molecule has 0 atom stereocenters. The second-order valence-electron chi connectivity index (χ2n) is 4.90. The Morgan fingerprint density at radius 2 is 2.00 bits per heavy atom. The molecule has 0 aliphatic heterocycles. The van der Waals surface area contributed by atoms with Gasteiger partial charge in [0, 0.05) is 5.69 Å². The molecule has 5 nitrogen and oxygen atoms in total. The summed E-state index contributed by atoms with van der Waals surface area (Å²) in [6, 6.07) is 12.6. The van der Waals surface area contributed by atoms with Crippen LogP contribution >= 0.6 is 0 Å². The van der Waals surface area contributed by atoms with Crippen LogP contribution in [0.2, 0.25) is 0 Å². The normalized spacial score (nSPS) is 10.3. The molecule has 0 aliphatic rings. The number of halogens is 1. The molecular formula is C18H13FN2O3. The maximum Gasteiger partial charge on any atom is 0.395 e. The number of hydrogen-bond donors (Lipinski definition) is 0. The van der Waals surface area contributed by atoms with Gasteiger partial charge < -0.3 is 9.15 Å². The minimum Gasteiger partial charge on any atom is -0.440 e. The van der Waals surface area contributed by atoms with E-state index in [4.69, 9.17) is 15.6 Å². The number of aromatic nitrogens is 1. The van der Waals surface area contributed by atoms with Crippen LogP contribution in [0, 0.1) is 18.2 Å². The van der Waals surface area contributed by atoms with Crippen LogP contribution < -0.4 is 9.64 Å². The van der Waals surface area contributed by atoms with Crippen LogP contribution in [-0.2, 0) is 4.79 Å². The van der Waals surface area contributed by atoms with E-state index < -0.39 is 5.82 Å². The average molecular weight is 324 g/mol. The molecule has 3 rings (SSSR count). The Morgan fingerprint density at radius 1 is 1.25 bits per heavy atom. The van der Waals surface area contributed by atoms with Crippen molar-refractivity contribution in [2.24, 2.45) is 0 Å². The van der Waals surface area contributed by atoms with Crippen molar-refractivity contribution in [3.05, 3.63) is 54.3 Å². The first-order valence-electron chi connectivity index (χ1n) is 7.15. The number of rotatable bonds is 5. The van der Waals surface area contributed by atoms with Crippen molar-refractivity contribution >= 4 is 22.7 Å². The predicted molar refractivity (Wildman–Crippen MR) is 87.1 cm³/mol. The van der Waals surface area contributed by atoms with Gasteiger partial charge in [-0.2, -0.15) is 4.98 Å². The maximum atomic E-state index is 13.0. The second kappa shape index (κ2) is 6.84. The maximum absolute atomic E-state index is 13.0. The van der Waals surface area contributed by atoms with Crippen LogP contribution in [0.1, 0.15) is 0 Å². The highest BCUT2D eigenvalue weighted by atomic mass is 19.1. The second-order valence-corrected chi connectivity index (χ2v) is 4.90. The summed E-state index contributed by atoms with van der Waals surface area (Å²) in [6.45, 7) is -0.257. The number of amides is 1. The molecular weight excluding hydrogens is 311 g/mol. The van der Waals surface area contributed by atoms with E-state index >= 15 is 0 Å². The molecule has 0 spiro atoms. The predicted octanol–water partition coefficient (Wildman–Crippen LogP) is 3.01. The van der Waals surface area contributed by atoms with E-state index in [-0.39, 0.29) is 25.1 Å². The van der Waals surface area contributed by atoms with E-state index in [2.05, 4.69) is 10.9 Å². The fourth-order valence-corrected chi connectivity index (χ4v) is 2.15. The molecule has 0 bridgehead atoms. The van der Waals surface area contributed by atoms with Crippen molar-refractivity contribution in [1.82, 2.24) is 4.98 Å². The van der Waals surface area contributed by atoms with E-state index in [1.54, 1.807) is 12.1 Å². The fraction of sp³-hybridized carbons (Fsp3) is 0.111. The summed E-state index contributed by atoms with van der Waals surface area (Å²) < 4.78 is 23.7. The fourth-order valence-electron chi connectivity index (χ4n) is 2.15. The zero-order valence-corrected chi connectivity index (χ0v) is 12.6. The molecule has 1 amide bonds. The van der Waals surface area contributed by atoms with Gasteiger partial charge in [-0.15, -0.1) is 6.42 Å². The SMILES string of the molecule is C#CCN(C(=O)COc1nc2ccccc2o1)c1ccc(F)cc1. The lowest BCUT2D eigenvalue weighted by molar-refractivity contribution is -0.120. The average Bonchev–Trinajstić information content (AvgIpc) is 3.01. The van der Waals surface area contributed by atoms with Gasteiger partial charge in [-0.05, 0) is 36.4 Å². The lowest BCUT2D eigenvalue weighted by atomic mass is 10.2. The quantitative estimate of drug-likeness (QED) is 0.677. The highest BCUT2D eigenvalue weighted by Crippen LogP contribution is 2.20. The lowest BCUT2D eigenvalue weighted by Crippen LogP contribution is -2.35. The Morgan fingerprint density at radius 3 is 2.71 bits per heavy atom. The van der Waals surface area contributed by atoms with Crippen molar-refractivity contribution in [3.63, 3.8) is 0 Å². The molecule has 0 radical (unpaired) electrons. The molecule has 0 saturated carbocycles. The van der Waals surface area contributed by atoms with Crippen LogP contribution in [0.5, 0.6) is 6.08 Å². The van der Waals surface area contributed by atoms with E-state index in [1.807, 2.05) is 12.1 Å². The van der Waals surface area contributed by atoms with Gasteiger partial charge in [-0.25, -0.2) is 4.39 Å². The molecule has 3 aromatic rings. The van der Waals surface area contributed by atoms with Crippen LogP contribution in [0.15, 0.2) is 52.9 Å². The van der Waals surface area contributed by atoms with Crippen LogP contribution in [0.4, 0.5) is 10.1 Å². The Hall–Kier alpha value is -3.33. The number of ether oxygens (including phenoxy) is 1. The minimum absolute atomic E-state index is 0.00399. The number of terminal acetylenes is 1. The van der Waals surface area contributed by atoms with Gasteiger partial charge >= 0.3 is 6.08 Å². The summed E-state index contributed by atoms with van der Waals surface area (Å²) in [5, 5.41) is 0. The highest BCUT2D eigenvalue weighted by molar-refractivity contribution is 5.94. The molecule has 120 valence electrons. The summed E-state index contributed by atoms with van der Waals surface area (Å²) in [5.74, 6) is 1.62. The van der Waals surface area contributed by atoms with Gasteiger partial charge in [0.1, 0.15) is 11.3 Å². The Bertz CT molecular complexity index is 864. The molecule has 0 saturated heterocycles. The van der Waals surface area contributed by atoms with E-state index in [0.29, 0.717) is 16.8 Å². The standard InChI is InChI=1S/C18H13FN2O3/c1-2-11-21(14-9-7-13(19)8-10-14)17(22)12-23-18-20-15-5-3-4-6-16(15)24-18/h1,3-10H,11-12H2. The van der Waals surface area contributed by atoms with Gasteiger partial charge in [-0.1, -0.05) is 18.1 Å². The van der Waals surface area contributed by atoms with Gasteiger partial charge in [0.2, 0.25) is 0 Å². The molecule has 1 heterocycles. The Kier molecular flexibility index (Phi) is 4.43. The zero-order valence-electron chi connectivity index (χ0n) is 12.6. The number of hydrogen-bond acceptors (Lipinski definition) is 4. The van der Waals surface area contributed by atoms with Crippen molar-refractivity contribution in [1.29, 1.82) is 0 Å². The van der Waals surface area contributed by atoms with Crippen molar-refractivity contribution < 1.29 is 18.3 Å². The van der Waals surface area contributed by atoms with Crippen LogP contribution in [0.25, 0.3) is 11.1 Å². The molecule has 0 aliphatic carbocycles. The molecule has 6 heteroatoms. The number of carbonyl (C=O) groups is 1. The van der Waals surface area contributed by atoms with Crippen LogP contribution in [-0.4, -0.2) is 24.0 Å². The first kappa shape index (κ1) is 15.6. The first-order valence-corrected chi connectivity index (χ1v) is 7.15. The Labute approximate surface area is 137 Å². The summed E-state index contributed by atoms with van der Waals surface area (Å²) in [7, 11) is 0. The number of para-hydroxylation sites is 2. The molecule has 1 aromatic heterocycles. The van der Waals surface area contributed by atoms with E-state index in [1.165, 1.54) is 29.2 Å². The molecule has 0 fully saturated rings. The summed E-state index contributed by atoms with van der Waals surface area (Å²) in [5.41, 5.74) is 1.69. The number of carbonyl (C=O) groups excluding carboxylic acids is 1. The number of anilines is 1. The largest absolute Gasteiger partial charge is 0.440 e. The molecule has 24 heavy (non-hydrogen) atoms.